The number of anilines is 2. The van der Waals surface area contributed by atoms with E-state index >= 15 is 0 Å². The van der Waals surface area contributed by atoms with Gasteiger partial charge in [0.25, 0.3) is 10.0 Å². The second-order valence-electron chi connectivity index (χ2n) is 10.9. The van der Waals surface area contributed by atoms with E-state index in [1.54, 1.807) is 38.1 Å². The Bertz CT molecular complexity index is 1440. The molecule has 0 bridgehead atoms. The number of fused-ring (bicyclic) bond motifs is 1. The van der Waals surface area contributed by atoms with Gasteiger partial charge in [0, 0.05) is 43.3 Å². The topological polar surface area (TPSA) is 103 Å². The third-order valence-corrected chi connectivity index (χ3v) is 8.91. The highest BCUT2D eigenvalue weighted by Crippen LogP contribution is 2.29. The molecule has 4 rings (SSSR count). The van der Waals surface area contributed by atoms with Crippen molar-refractivity contribution in [2.45, 2.75) is 58.9 Å². The van der Waals surface area contributed by atoms with Crippen molar-refractivity contribution in [1.82, 2.24) is 9.88 Å². The number of aryl methyl sites for hydroxylation is 3. The second kappa shape index (κ2) is 10.9. The van der Waals surface area contributed by atoms with Crippen LogP contribution in [0, 0.1) is 26.7 Å². The maximum absolute atomic E-state index is 13.2. The summed E-state index contributed by atoms with van der Waals surface area (Å²) in [6.07, 6.45) is 1.15. The Labute approximate surface area is 225 Å². The molecule has 38 heavy (non-hydrogen) atoms. The van der Waals surface area contributed by atoms with Gasteiger partial charge in [0.2, 0.25) is 0 Å². The summed E-state index contributed by atoms with van der Waals surface area (Å²) in [6, 6.07) is 10.6. The van der Waals surface area contributed by atoms with Crippen molar-refractivity contribution in [3.63, 3.8) is 0 Å². The number of aromatic nitrogens is 1. The number of hydrogen-bond donors (Lipinski definition) is 2. The smallest absolute Gasteiger partial charge is 0.336 e. The fraction of sp³-hybridized carbons (Fsp3) is 0.448. The highest BCUT2D eigenvalue weighted by molar-refractivity contribution is 7.92. The number of aromatic carboxylic acids is 1. The molecule has 1 aliphatic rings. The van der Waals surface area contributed by atoms with E-state index in [1.807, 2.05) is 19.1 Å². The highest BCUT2D eigenvalue weighted by atomic mass is 32.2. The van der Waals surface area contributed by atoms with Crippen LogP contribution in [0.5, 0.6) is 0 Å². The van der Waals surface area contributed by atoms with Gasteiger partial charge in [0.05, 0.1) is 16.0 Å². The number of piperazine rings is 1. The molecule has 0 spiro atoms. The zero-order valence-electron chi connectivity index (χ0n) is 23.1. The molecule has 2 heterocycles. The Morgan fingerprint density at radius 2 is 1.63 bits per heavy atom. The van der Waals surface area contributed by atoms with Crippen molar-refractivity contribution in [2.24, 2.45) is 5.92 Å². The molecule has 0 saturated carbocycles. The highest BCUT2D eigenvalue weighted by Gasteiger charge is 2.25. The lowest BCUT2D eigenvalue weighted by Gasteiger charge is -2.39. The van der Waals surface area contributed by atoms with Crippen LogP contribution in [0.1, 0.15) is 54.2 Å². The van der Waals surface area contributed by atoms with Gasteiger partial charge in [0.15, 0.2) is 0 Å². The Hall–Kier alpha value is -3.17. The number of carbonyl (C=O) groups is 1. The van der Waals surface area contributed by atoms with E-state index < -0.39 is 16.0 Å². The Morgan fingerprint density at radius 3 is 2.21 bits per heavy atom. The zero-order chi connectivity index (χ0) is 27.8. The lowest BCUT2D eigenvalue weighted by Crippen LogP contribution is -2.50. The molecule has 8 nitrogen and oxygen atoms in total. The average molecular weight is 539 g/mol. The number of pyridine rings is 1. The Kier molecular flexibility index (Phi) is 7.99. The van der Waals surface area contributed by atoms with Gasteiger partial charge in [-0.15, -0.1) is 0 Å². The van der Waals surface area contributed by atoms with E-state index in [0.29, 0.717) is 45.5 Å². The summed E-state index contributed by atoms with van der Waals surface area (Å²) in [5.41, 5.74) is 3.22. The number of sulfonamides is 1. The third kappa shape index (κ3) is 5.94. The number of hydrogen-bond acceptors (Lipinski definition) is 6. The minimum atomic E-state index is -3.87. The first kappa shape index (κ1) is 27.9. The van der Waals surface area contributed by atoms with Crippen molar-refractivity contribution in [3.8, 4) is 0 Å². The maximum atomic E-state index is 13.2. The molecule has 1 saturated heterocycles. The first-order valence-corrected chi connectivity index (χ1v) is 14.6. The number of nitrogens with one attached hydrogen (secondary N) is 1. The number of carboxylic acids is 1. The van der Waals surface area contributed by atoms with E-state index in [1.165, 1.54) is 0 Å². The van der Waals surface area contributed by atoms with Gasteiger partial charge in [-0.2, -0.15) is 0 Å². The normalized spacial score (nSPS) is 15.7. The van der Waals surface area contributed by atoms with Gasteiger partial charge in [-0.25, -0.2) is 18.2 Å². The minimum Gasteiger partial charge on any atom is -0.478 e. The number of rotatable bonds is 8. The van der Waals surface area contributed by atoms with Gasteiger partial charge in [-0.3, -0.25) is 9.62 Å². The lowest BCUT2D eigenvalue weighted by molar-refractivity contribution is 0.0699. The fourth-order valence-corrected chi connectivity index (χ4v) is 7.14. The van der Waals surface area contributed by atoms with Gasteiger partial charge >= 0.3 is 5.97 Å². The number of benzene rings is 2. The molecule has 0 unspecified atom stereocenters. The molecule has 9 heteroatoms. The molecule has 204 valence electrons. The van der Waals surface area contributed by atoms with Gasteiger partial charge < -0.3 is 10.0 Å². The first-order chi connectivity index (χ1) is 17.9. The first-order valence-electron chi connectivity index (χ1n) is 13.1. The fourth-order valence-electron chi connectivity index (χ4n) is 5.63. The number of nitrogens with zero attached hydrogens (tertiary/aromatic N) is 3. The van der Waals surface area contributed by atoms with Crippen LogP contribution in [0.2, 0.25) is 0 Å². The molecule has 1 aromatic heterocycles. The largest absolute Gasteiger partial charge is 0.478 e. The predicted octanol–water partition coefficient (Wildman–Crippen LogP) is 5.22. The van der Waals surface area contributed by atoms with Crippen LogP contribution in [-0.4, -0.2) is 61.6 Å². The molecule has 1 fully saturated rings. The summed E-state index contributed by atoms with van der Waals surface area (Å²) in [5, 5.41) is 10.4. The summed E-state index contributed by atoms with van der Waals surface area (Å²) in [6.45, 7) is 15.5. The second-order valence-corrected chi connectivity index (χ2v) is 12.5. The van der Waals surface area contributed by atoms with Gasteiger partial charge in [-0.1, -0.05) is 31.5 Å². The molecule has 0 aliphatic carbocycles. The molecule has 0 amide bonds. The van der Waals surface area contributed by atoms with Crippen LogP contribution >= 0.6 is 0 Å². The summed E-state index contributed by atoms with van der Waals surface area (Å²) in [5.74, 6) is 0.195. The summed E-state index contributed by atoms with van der Waals surface area (Å²) >= 11 is 0. The van der Waals surface area contributed by atoms with E-state index in [2.05, 4.69) is 35.3 Å². The molecular weight excluding hydrogens is 500 g/mol. The Balaban J connectivity index is 1.61. The van der Waals surface area contributed by atoms with E-state index in [4.69, 9.17) is 4.98 Å². The molecule has 2 N–H and O–H groups in total. The summed E-state index contributed by atoms with van der Waals surface area (Å²) in [7, 11) is -3.87. The van der Waals surface area contributed by atoms with Crippen molar-refractivity contribution >= 4 is 38.4 Å². The molecule has 1 aliphatic heterocycles. The van der Waals surface area contributed by atoms with Crippen molar-refractivity contribution in [1.29, 1.82) is 0 Å². The molecule has 2 aromatic carbocycles. The third-order valence-electron chi connectivity index (χ3n) is 7.23. The SMILES string of the molecule is Cc1cc(C)c(S(=O)(=O)Nc2ccc3nc(N4CCN([C@@H](C)CC(C)C)CC4)cc(C(=O)O)c3c2)c(C)c1. The van der Waals surface area contributed by atoms with Crippen LogP contribution in [0.4, 0.5) is 11.5 Å². The molecule has 0 radical (unpaired) electrons. The van der Waals surface area contributed by atoms with Crippen LogP contribution in [-0.2, 0) is 10.0 Å². The monoisotopic (exact) mass is 538 g/mol. The van der Waals surface area contributed by atoms with Crippen molar-refractivity contribution in [3.05, 3.63) is 58.7 Å². The van der Waals surface area contributed by atoms with Crippen molar-refractivity contribution < 1.29 is 18.3 Å². The van der Waals surface area contributed by atoms with E-state index in [9.17, 15) is 18.3 Å². The molecular formula is C29H38N4O4S. The molecule has 3 aromatic rings. The zero-order valence-corrected chi connectivity index (χ0v) is 23.9. The van der Waals surface area contributed by atoms with Gasteiger partial charge in [-0.05, 0) is 75.4 Å². The quantitative estimate of drug-likeness (QED) is 0.406. The van der Waals surface area contributed by atoms with Crippen LogP contribution < -0.4 is 9.62 Å². The van der Waals surface area contributed by atoms with Crippen LogP contribution in [0.3, 0.4) is 0 Å². The van der Waals surface area contributed by atoms with Crippen LogP contribution in [0.25, 0.3) is 10.9 Å². The van der Waals surface area contributed by atoms with E-state index in [0.717, 1.165) is 38.2 Å². The Morgan fingerprint density at radius 1 is 1.00 bits per heavy atom. The average Bonchev–Trinajstić information content (AvgIpc) is 2.81. The predicted molar refractivity (Wildman–Crippen MR) is 153 cm³/mol. The number of carboxylic acid groups (broad SMARTS) is 1. The minimum absolute atomic E-state index is 0.101. The summed E-state index contributed by atoms with van der Waals surface area (Å²) in [4.78, 5) is 21.8. The maximum Gasteiger partial charge on any atom is 0.336 e. The van der Waals surface area contributed by atoms with Crippen LogP contribution in [0.15, 0.2) is 41.3 Å². The van der Waals surface area contributed by atoms with E-state index in [-0.39, 0.29) is 10.5 Å². The standard InChI is InChI=1S/C29H38N4O4S/c1-18(2)13-22(6)32-9-11-33(12-10-32)27-17-25(29(34)35)24-16-23(7-8-26(24)30-27)31-38(36,37)28-20(4)14-19(3)15-21(28)5/h7-8,14-18,22,31H,9-13H2,1-6H3,(H,34,35)/t22-/m0/s1. The lowest BCUT2D eigenvalue weighted by atomic mass is 10.0. The molecule has 1 atom stereocenters. The summed E-state index contributed by atoms with van der Waals surface area (Å²) < 4.78 is 29.1. The van der Waals surface area contributed by atoms with Crippen molar-refractivity contribution in [2.75, 3.05) is 35.8 Å². The van der Waals surface area contributed by atoms with Gasteiger partial charge in [0.1, 0.15) is 5.82 Å².